The van der Waals surface area contributed by atoms with Gasteiger partial charge in [0.1, 0.15) is 11.6 Å². The molecular formula is C18H21FO. The Morgan fingerprint density at radius 3 is 2.35 bits per heavy atom. The molecule has 2 rings (SSSR count). The van der Waals surface area contributed by atoms with Crippen molar-refractivity contribution in [2.75, 3.05) is 7.11 Å². The van der Waals surface area contributed by atoms with Gasteiger partial charge in [0.2, 0.25) is 0 Å². The van der Waals surface area contributed by atoms with Crippen LogP contribution in [0, 0.1) is 11.2 Å². The maximum atomic E-state index is 14.1. The number of halogens is 1. The van der Waals surface area contributed by atoms with Gasteiger partial charge in [0, 0.05) is 5.56 Å². The third kappa shape index (κ3) is 3.38. The lowest BCUT2D eigenvalue weighted by Crippen LogP contribution is -2.10. The minimum Gasteiger partial charge on any atom is -0.497 e. The van der Waals surface area contributed by atoms with E-state index in [2.05, 4.69) is 26.8 Å². The predicted octanol–water partition coefficient (Wildman–Crippen LogP) is 5.09. The van der Waals surface area contributed by atoms with Crippen molar-refractivity contribution >= 4 is 0 Å². The highest BCUT2D eigenvalue weighted by molar-refractivity contribution is 5.69. The third-order valence-electron chi connectivity index (χ3n) is 3.20. The van der Waals surface area contributed by atoms with Gasteiger partial charge in [0.15, 0.2) is 0 Å². The molecule has 0 atom stereocenters. The molecule has 20 heavy (non-hydrogen) atoms. The first-order valence-corrected chi connectivity index (χ1v) is 6.82. The summed E-state index contributed by atoms with van der Waals surface area (Å²) in [6, 6.07) is 12.9. The van der Waals surface area contributed by atoms with Crippen LogP contribution in [0.2, 0.25) is 0 Å². The summed E-state index contributed by atoms with van der Waals surface area (Å²) in [7, 11) is 1.60. The maximum absolute atomic E-state index is 14.1. The number of hydrogen-bond acceptors (Lipinski definition) is 1. The molecule has 0 N–H and O–H groups in total. The Morgan fingerprint density at radius 2 is 1.70 bits per heavy atom. The highest BCUT2D eigenvalue weighted by Gasteiger charge is 2.16. The summed E-state index contributed by atoms with van der Waals surface area (Å²) in [5, 5.41) is 0. The van der Waals surface area contributed by atoms with Crippen LogP contribution in [-0.4, -0.2) is 7.11 Å². The van der Waals surface area contributed by atoms with Crippen LogP contribution in [0.3, 0.4) is 0 Å². The molecule has 0 radical (unpaired) electrons. The van der Waals surface area contributed by atoms with Crippen molar-refractivity contribution in [2.24, 2.45) is 5.41 Å². The van der Waals surface area contributed by atoms with Crippen LogP contribution >= 0.6 is 0 Å². The van der Waals surface area contributed by atoms with Gasteiger partial charge in [0.25, 0.3) is 0 Å². The van der Waals surface area contributed by atoms with E-state index in [0.717, 1.165) is 17.5 Å². The molecule has 2 heteroatoms. The van der Waals surface area contributed by atoms with Crippen molar-refractivity contribution in [3.05, 3.63) is 53.8 Å². The number of hydrogen-bond donors (Lipinski definition) is 0. The van der Waals surface area contributed by atoms with Gasteiger partial charge in [0.05, 0.1) is 7.11 Å². The Balaban J connectivity index is 2.52. The van der Waals surface area contributed by atoms with E-state index < -0.39 is 0 Å². The van der Waals surface area contributed by atoms with Crippen LogP contribution < -0.4 is 4.74 Å². The molecule has 0 aliphatic rings. The van der Waals surface area contributed by atoms with Crippen molar-refractivity contribution in [2.45, 2.75) is 27.2 Å². The van der Waals surface area contributed by atoms with E-state index in [1.54, 1.807) is 19.2 Å². The molecule has 0 amide bonds. The zero-order valence-electron chi connectivity index (χ0n) is 12.5. The molecule has 0 saturated carbocycles. The quantitative estimate of drug-likeness (QED) is 0.756. The second-order valence-electron chi connectivity index (χ2n) is 6.24. The monoisotopic (exact) mass is 272 g/mol. The first kappa shape index (κ1) is 14.6. The second kappa shape index (κ2) is 5.66. The van der Waals surface area contributed by atoms with Gasteiger partial charge in [-0.25, -0.2) is 4.39 Å². The summed E-state index contributed by atoms with van der Waals surface area (Å²) in [6.45, 7) is 6.56. The van der Waals surface area contributed by atoms with Crippen LogP contribution in [-0.2, 0) is 6.42 Å². The third-order valence-corrected chi connectivity index (χ3v) is 3.20. The summed E-state index contributed by atoms with van der Waals surface area (Å²) in [6.07, 6.45) is 0.903. The van der Waals surface area contributed by atoms with Gasteiger partial charge < -0.3 is 4.74 Å². The van der Waals surface area contributed by atoms with Crippen molar-refractivity contribution in [3.63, 3.8) is 0 Å². The first-order valence-electron chi connectivity index (χ1n) is 6.82. The largest absolute Gasteiger partial charge is 0.497 e. The van der Waals surface area contributed by atoms with Gasteiger partial charge in [-0.15, -0.1) is 0 Å². The molecule has 2 aromatic rings. The zero-order valence-corrected chi connectivity index (χ0v) is 12.5. The normalized spacial score (nSPS) is 11.4. The average molecular weight is 272 g/mol. The van der Waals surface area contributed by atoms with Gasteiger partial charge in [-0.3, -0.25) is 0 Å². The predicted molar refractivity (Wildman–Crippen MR) is 81.5 cm³/mol. The van der Waals surface area contributed by atoms with Gasteiger partial charge in [-0.2, -0.15) is 0 Å². The fraction of sp³-hybridized carbons (Fsp3) is 0.333. The molecule has 0 heterocycles. The van der Waals surface area contributed by atoms with E-state index in [4.69, 9.17) is 4.74 Å². The van der Waals surface area contributed by atoms with Crippen LogP contribution in [0.5, 0.6) is 5.75 Å². The Morgan fingerprint density at radius 1 is 1.00 bits per heavy atom. The van der Waals surface area contributed by atoms with E-state index in [-0.39, 0.29) is 11.2 Å². The Labute approximate surface area is 120 Å². The Kier molecular flexibility index (Phi) is 4.12. The number of benzene rings is 2. The van der Waals surface area contributed by atoms with Crippen molar-refractivity contribution in [3.8, 4) is 16.9 Å². The summed E-state index contributed by atoms with van der Waals surface area (Å²) >= 11 is 0. The van der Waals surface area contributed by atoms with Crippen LogP contribution in [0.1, 0.15) is 26.3 Å². The van der Waals surface area contributed by atoms with E-state index in [0.29, 0.717) is 11.3 Å². The van der Waals surface area contributed by atoms with E-state index >= 15 is 0 Å². The van der Waals surface area contributed by atoms with Gasteiger partial charge >= 0.3 is 0 Å². The Bertz CT molecular complexity index is 597. The molecule has 0 spiro atoms. The van der Waals surface area contributed by atoms with Gasteiger partial charge in [-0.05, 0) is 41.2 Å². The number of methoxy groups -OCH3 is 1. The smallest absolute Gasteiger partial charge is 0.131 e. The minimum atomic E-state index is -0.216. The summed E-state index contributed by atoms with van der Waals surface area (Å²) in [5.41, 5.74) is 2.86. The number of ether oxygens (including phenoxy) is 1. The minimum absolute atomic E-state index is 0.158. The lowest BCUT2D eigenvalue weighted by molar-refractivity contribution is 0.411. The highest BCUT2D eigenvalue weighted by atomic mass is 19.1. The molecule has 0 fully saturated rings. The average Bonchev–Trinajstić information content (AvgIpc) is 2.38. The fourth-order valence-corrected chi connectivity index (χ4v) is 2.35. The Hall–Kier alpha value is -1.83. The molecular weight excluding hydrogens is 251 g/mol. The first-order chi connectivity index (χ1) is 9.40. The lowest BCUT2D eigenvalue weighted by atomic mass is 9.85. The molecule has 2 aromatic carbocycles. The fourth-order valence-electron chi connectivity index (χ4n) is 2.35. The standard InChI is InChI=1S/C18H21FO/c1-18(2,3)12-13-7-5-6-8-15(13)16-11-14(20-4)9-10-17(16)19/h5-11H,12H2,1-4H3. The van der Waals surface area contributed by atoms with Gasteiger partial charge in [-0.1, -0.05) is 45.0 Å². The van der Waals surface area contributed by atoms with E-state index in [1.165, 1.54) is 6.07 Å². The van der Waals surface area contributed by atoms with Crippen molar-refractivity contribution in [1.29, 1.82) is 0 Å². The molecule has 0 aromatic heterocycles. The molecule has 1 nitrogen and oxygen atoms in total. The van der Waals surface area contributed by atoms with Crippen LogP contribution in [0.15, 0.2) is 42.5 Å². The van der Waals surface area contributed by atoms with E-state index in [1.807, 2.05) is 18.2 Å². The summed E-state index contributed by atoms with van der Waals surface area (Å²) in [4.78, 5) is 0. The summed E-state index contributed by atoms with van der Waals surface area (Å²) in [5.74, 6) is 0.458. The summed E-state index contributed by atoms with van der Waals surface area (Å²) < 4.78 is 19.4. The SMILES string of the molecule is COc1ccc(F)c(-c2ccccc2CC(C)(C)C)c1. The molecule has 0 unspecified atom stereocenters. The van der Waals surface area contributed by atoms with Crippen molar-refractivity contribution < 1.29 is 9.13 Å². The van der Waals surface area contributed by atoms with Crippen LogP contribution in [0.4, 0.5) is 4.39 Å². The molecule has 106 valence electrons. The molecule has 0 saturated heterocycles. The molecule has 0 aliphatic carbocycles. The van der Waals surface area contributed by atoms with E-state index in [9.17, 15) is 4.39 Å². The zero-order chi connectivity index (χ0) is 14.8. The topological polar surface area (TPSA) is 9.23 Å². The van der Waals surface area contributed by atoms with Crippen LogP contribution in [0.25, 0.3) is 11.1 Å². The molecule has 0 aliphatic heterocycles. The number of rotatable bonds is 3. The van der Waals surface area contributed by atoms with Crippen molar-refractivity contribution in [1.82, 2.24) is 0 Å². The molecule has 0 bridgehead atoms. The highest BCUT2D eigenvalue weighted by Crippen LogP contribution is 2.32. The lowest BCUT2D eigenvalue weighted by Gasteiger charge is -2.21. The maximum Gasteiger partial charge on any atom is 0.131 e. The second-order valence-corrected chi connectivity index (χ2v) is 6.24.